The molecule has 1 heterocycles. The van der Waals surface area contributed by atoms with E-state index < -0.39 is 0 Å². The summed E-state index contributed by atoms with van der Waals surface area (Å²) >= 11 is 0. The maximum Gasteiger partial charge on any atom is 0.244 e. The molecule has 5 heteroatoms. The summed E-state index contributed by atoms with van der Waals surface area (Å²) in [5, 5.41) is 2.99. The zero-order chi connectivity index (χ0) is 12.3. The molecule has 1 aliphatic heterocycles. The maximum atomic E-state index is 12.0. The molecule has 0 spiro atoms. The molecule has 2 unspecified atom stereocenters. The average molecular weight is 227 g/mol. The number of nitrogens with zero attached hydrogens (tertiary/aromatic N) is 2. The van der Waals surface area contributed by atoms with Crippen molar-refractivity contribution >= 4 is 11.8 Å². The van der Waals surface area contributed by atoms with Crippen LogP contribution in [-0.4, -0.2) is 61.4 Å². The lowest BCUT2D eigenvalue weighted by Gasteiger charge is -2.36. The Hall–Kier alpha value is -1.10. The van der Waals surface area contributed by atoms with E-state index in [2.05, 4.69) is 5.32 Å². The van der Waals surface area contributed by atoms with Crippen molar-refractivity contribution in [1.29, 1.82) is 0 Å². The zero-order valence-electron chi connectivity index (χ0n) is 10.5. The van der Waals surface area contributed by atoms with Crippen LogP contribution in [0.15, 0.2) is 0 Å². The normalized spacial score (nSPS) is 23.1. The minimum Gasteiger partial charge on any atom is -0.347 e. The Labute approximate surface area is 96.8 Å². The first-order chi connectivity index (χ1) is 7.49. The van der Waals surface area contributed by atoms with Crippen LogP contribution in [0.2, 0.25) is 0 Å². The minimum absolute atomic E-state index is 0.0231. The van der Waals surface area contributed by atoms with E-state index in [1.165, 1.54) is 4.90 Å². The average Bonchev–Trinajstić information content (AvgIpc) is 2.27. The molecule has 1 fully saturated rings. The summed E-state index contributed by atoms with van der Waals surface area (Å²) in [5.74, 6) is 0.0153. The van der Waals surface area contributed by atoms with Gasteiger partial charge in [0.1, 0.15) is 6.04 Å². The Morgan fingerprint density at radius 1 is 1.56 bits per heavy atom. The van der Waals surface area contributed by atoms with Gasteiger partial charge in [-0.2, -0.15) is 0 Å². The first kappa shape index (κ1) is 13.0. The third-order valence-electron chi connectivity index (χ3n) is 3.09. The summed E-state index contributed by atoms with van der Waals surface area (Å²) in [6.45, 7) is 2.47. The van der Waals surface area contributed by atoms with Gasteiger partial charge in [-0.15, -0.1) is 0 Å². The molecule has 0 bridgehead atoms. The van der Waals surface area contributed by atoms with Gasteiger partial charge in [-0.1, -0.05) is 0 Å². The highest BCUT2D eigenvalue weighted by atomic mass is 16.2. The van der Waals surface area contributed by atoms with Gasteiger partial charge >= 0.3 is 0 Å². The number of carbonyl (C=O) groups excluding carboxylic acids is 2. The Bertz CT molecular complexity index is 278. The molecule has 1 aliphatic rings. The SMILES string of the molecule is CNC1CCCN(C(C)C(=O)N(C)C)C1=O. The molecular weight excluding hydrogens is 206 g/mol. The molecule has 2 amide bonds. The highest BCUT2D eigenvalue weighted by Crippen LogP contribution is 2.15. The van der Waals surface area contributed by atoms with Gasteiger partial charge in [-0.3, -0.25) is 9.59 Å². The van der Waals surface area contributed by atoms with Crippen LogP contribution in [0.4, 0.5) is 0 Å². The number of nitrogens with one attached hydrogen (secondary N) is 1. The molecule has 0 radical (unpaired) electrons. The van der Waals surface area contributed by atoms with Gasteiger partial charge in [-0.05, 0) is 26.8 Å². The topological polar surface area (TPSA) is 52.7 Å². The number of piperidine rings is 1. The van der Waals surface area contributed by atoms with Crippen molar-refractivity contribution in [3.8, 4) is 0 Å². The van der Waals surface area contributed by atoms with Crippen LogP contribution in [0.3, 0.4) is 0 Å². The largest absolute Gasteiger partial charge is 0.347 e. The second kappa shape index (κ2) is 5.30. The number of likely N-dealkylation sites (tertiary alicyclic amines) is 1. The maximum absolute atomic E-state index is 12.0. The summed E-state index contributed by atoms with van der Waals surface area (Å²) in [5.41, 5.74) is 0. The van der Waals surface area contributed by atoms with E-state index in [0.717, 1.165) is 12.8 Å². The molecule has 0 aliphatic carbocycles. The van der Waals surface area contributed by atoms with E-state index in [0.29, 0.717) is 6.54 Å². The Morgan fingerprint density at radius 2 is 2.19 bits per heavy atom. The fourth-order valence-electron chi connectivity index (χ4n) is 2.06. The quantitative estimate of drug-likeness (QED) is 0.718. The van der Waals surface area contributed by atoms with Crippen LogP contribution in [-0.2, 0) is 9.59 Å². The molecular formula is C11H21N3O2. The summed E-state index contributed by atoms with van der Waals surface area (Å²) in [6, 6.07) is -0.496. The standard InChI is InChI=1S/C11H21N3O2/c1-8(10(15)13(3)4)14-7-5-6-9(12-2)11(14)16/h8-9,12H,5-7H2,1-4H3. The first-order valence-electron chi connectivity index (χ1n) is 5.68. The first-order valence-corrected chi connectivity index (χ1v) is 5.68. The molecule has 1 saturated heterocycles. The molecule has 0 saturated carbocycles. The van der Waals surface area contributed by atoms with Crippen LogP contribution in [0, 0.1) is 0 Å². The van der Waals surface area contributed by atoms with Crippen LogP contribution < -0.4 is 5.32 Å². The van der Waals surface area contributed by atoms with Crippen molar-refractivity contribution < 1.29 is 9.59 Å². The Morgan fingerprint density at radius 3 is 2.69 bits per heavy atom. The van der Waals surface area contributed by atoms with Crippen molar-refractivity contribution in [2.45, 2.75) is 31.8 Å². The fourth-order valence-corrected chi connectivity index (χ4v) is 2.06. The molecule has 1 rings (SSSR count). The summed E-state index contributed by atoms with van der Waals surface area (Å²) in [7, 11) is 5.20. The minimum atomic E-state index is -0.362. The van der Waals surface area contributed by atoms with Gasteiger partial charge in [0, 0.05) is 20.6 Å². The second-order valence-corrected chi connectivity index (χ2v) is 4.42. The number of hydrogen-bond acceptors (Lipinski definition) is 3. The van der Waals surface area contributed by atoms with Crippen LogP contribution in [0.5, 0.6) is 0 Å². The molecule has 0 aromatic carbocycles. The number of rotatable bonds is 3. The van der Waals surface area contributed by atoms with Gasteiger partial charge in [0.2, 0.25) is 11.8 Å². The molecule has 0 aromatic heterocycles. The summed E-state index contributed by atoms with van der Waals surface area (Å²) in [4.78, 5) is 27.0. The molecule has 16 heavy (non-hydrogen) atoms. The van der Waals surface area contributed by atoms with E-state index in [4.69, 9.17) is 0 Å². The van der Waals surface area contributed by atoms with Crippen molar-refractivity contribution in [1.82, 2.24) is 15.1 Å². The van der Waals surface area contributed by atoms with Gasteiger partial charge in [0.15, 0.2) is 0 Å². The van der Waals surface area contributed by atoms with Gasteiger partial charge < -0.3 is 15.1 Å². The molecule has 0 aromatic rings. The molecule has 92 valence electrons. The lowest BCUT2D eigenvalue weighted by Crippen LogP contribution is -2.56. The third kappa shape index (κ3) is 2.52. The van der Waals surface area contributed by atoms with E-state index in [1.54, 1.807) is 33.0 Å². The zero-order valence-corrected chi connectivity index (χ0v) is 10.5. The second-order valence-electron chi connectivity index (χ2n) is 4.42. The number of carbonyl (C=O) groups is 2. The Kier molecular flexibility index (Phi) is 4.29. The van der Waals surface area contributed by atoms with E-state index in [9.17, 15) is 9.59 Å². The monoisotopic (exact) mass is 227 g/mol. The highest BCUT2D eigenvalue weighted by Gasteiger charge is 2.33. The summed E-state index contributed by atoms with van der Waals surface area (Å²) < 4.78 is 0. The summed E-state index contributed by atoms with van der Waals surface area (Å²) in [6.07, 6.45) is 1.80. The number of likely N-dealkylation sites (N-methyl/N-ethyl adjacent to an activating group) is 2. The molecule has 1 N–H and O–H groups in total. The van der Waals surface area contributed by atoms with Gasteiger partial charge in [0.25, 0.3) is 0 Å². The van der Waals surface area contributed by atoms with Gasteiger partial charge in [-0.25, -0.2) is 0 Å². The van der Waals surface area contributed by atoms with E-state index in [-0.39, 0.29) is 23.9 Å². The van der Waals surface area contributed by atoms with E-state index >= 15 is 0 Å². The fraction of sp³-hybridized carbons (Fsp3) is 0.818. The van der Waals surface area contributed by atoms with Crippen LogP contribution >= 0.6 is 0 Å². The van der Waals surface area contributed by atoms with Crippen molar-refractivity contribution in [2.75, 3.05) is 27.7 Å². The molecule has 2 atom stereocenters. The highest BCUT2D eigenvalue weighted by molar-refractivity contribution is 5.89. The van der Waals surface area contributed by atoms with Crippen molar-refractivity contribution in [2.24, 2.45) is 0 Å². The number of amides is 2. The van der Waals surface area contributed by atoms with Crippen LogP contribution in [0.1, 0.15) is 19.8 Å². The van der Waals surface area contributed by atoms with Gasteiger partial charge in [0.05, 0.1) is 6.04 Å². The predicted molar refractivity (Wildman–Crippen MR) is 62.0 cm³/mol. The van der Waals surface area contributed by atoms with E-state index in [1.807, 2.05) is 0 Å². The third-order valence-corrected chi connectivity index (χ3v) is 3.09. The van der Waals surface area contributed by atoms with Crippen LogP contribution in [0.25, 0.3) is 0 Å². The van der Waals surface area contributed by atoms with Crippen molar-refractivity contribution in [3.05, 3.63) is 0 Å². The predicted octanol–water partition coefficient (Wildman–Crippen LogP) is -0.326. The number of hydrogen-bond donors (Lipinski definition) is 1. The lowest BCUT2D eigenvalue weighted by atomic mass is 10.0. The van der Waals surface area contributed by atoms with Crippen molar-refractivity contribution in [3.63, 3.8) is 0 Å². The smallest absolute Gasteiger partial charge is 0.244 e. The molecule has 5 nitrogen and oxygen atoms in total. The Balaban J connectivity index is 2.72. The lowest BCUT2D eigenvalue weighted by molar-refractivity contribution is -0.146.